The van der Waals surface area contributed by atoms with Gasteiger partial charge in [-0.1, -0.05) is 13.8 Å². The zero-order valence-corrected chi connectivity index (χ0v) is 21.0. The molecule has 0 spiro atoms. The Hall–Kier alpha value is -1.21. The average Bonchev–Trinajstić information content (AvgIpc) is 3.31. The molecular formula is C26H41N3O3S. The minimum Gasteiger partial charge on any atom is -0.458 e. The molecule has 1 heterocycles. The first-order chi connectivity index (χ1) is 15.7. The van der Waals surface area contributed by atoms with Gasteiger partial charge in [0.15, 0.2) is 5.96 Å². The number of nitrogens with two attached hydrogens (primary N) is 2. The summed E-state index contributed by atoms with van der Waals surface area (Å²) in [5.74, 6) is 2.98. The molecule has 0 radical (unpaired) electrons. The number of carbonyl (C=O) groups is 1. The number of ether oxygens (including phenoxy) is 1. The third-order valence-corrected chi connectivity index (χ3v) is 12.0. The normalized spacial score (nSPS) is 46.6. The zero-order valence-electron chi connectivity index (χ0n) is 20.2. The second-order valence-electron chi connectivity index (χ2n) is 11.9. The van der Waals surface area contributed by atoms with Gasteiger partial charge in [0.05, 0.1) is 12.1 Å². The predicted octanol–water partition coefficient (Wildman–Crippen LogP) is 3.62. The maximum atomic E-state index is 12.3. The quantitative estimate of drug-likeness (QED) is 0.242. The first kappa shape index (κ1) is 23.5. The number of thioether (sulfide) groups is 1. The molecule has 5 rings (SSSR count). The van der Waals surface area contributed by atoms with Crippen molar-refractivity contribution in [2.75, 3.05) is 18.9 Å². The Morgan fingerprint density at radius 2 is 1.97 bits per heavy atom. The summed E-state index contributed by atoms with van der Waals surface area (Å²) in [6, 6.07) is 0. The standard InChI is InChI=1S/C26H41N3O3S/c1-24-8-5-18(33-12-11-29-23(27)28)14-17(24)3-4-21-20(24)6-9-25(2)19(7-10-26(21,25)31)16-13-22(30)32-15-16/h13,17-21,31H,3-12,14-15H2,1-2H3,(H4,27,28,29)/t17-,18+,19-,20+,21-,24+,25-,26+/m1/s1. The van der Waals surface area contributed by atoms with Crippen LogP contribution in [0.5, 0.6) is 0 Å². The van der Waals surface area contributed by atoms with Gasteiger partial charge in [0.1, 0.15) is 6.61 Å². The van der Waals surface area contributed by atoms with Crippen molar-refractivity contribution in [3.8, 4) is 0 Å². The molecule has 4 saturated carbocycles. The monoisotopic (exact) mass is 475 g/mol. The predicted molar refractivity (Wildman–Crippen MR) is 133 cm³/mol. The summed E-state index contributed by atoms with van der Waals surface area (Å²) in [4.78, 5) is 15.9. The van der Waals surface area contributed by atoms with Crippen molar-refractivity contribution < 1.29 is 14.6 Å². The number of esters is 1. The van der Waals surface area contributed by atoms with Crippen LogP contribution in [-0.4, -0.2) is 46.8 Å². The Kier molecular flexibility index (Phi) is 6.04. The van der Waals surface area contributed by atoms with E-state index in [1.807, 2.05) is 11.8 Å². The van der Waals surface area contributed by atoms with Crippen LogP contribution in [0.2, 0.25) is 0 Å². The van der Waals surface area contributed by atoms with Gasteiger partial charge in [0, 0.05) is 22.5 Å². The lowest BCUT2D eigenvalue weighted by atomic mass is 9.43. The molecule has 0 amide bonds. The van der Waals surface area contributed by atoms with Gasteiger partial charge in [0.25, 0.3) is 0 Å². The number of hydrogen-bond donors (Lipinski definition) is 3. The largest absolute Gasteiger partial charge is 0.458 e. The maximum Gasteiger partial charge on any atom is 0.331 e. The van der Waals surface area contributed by atoms with E-state index in [4.69, 9.17) is 16.2 Å². The van der Waals surface area contributed by atoms with Crippen LogP contribution in [0.3, 0.4) is 0 Å². The van der Waals surface area contributed by atoms with Crippen molar-refractivity contribution in [2.24, 2.45) is 51.0 Å². The van der Waals surface area contributed by atoms with Crippen molar-refractivity contribution in [3.05, 3.63) is 11.6 Å². The van der Waals surface area contributed by atoms with E-state index < -0.39 is 5.60 Å². The minimum absolute atomic E-state index is 0.143. The highest BCUT2D eigenvalue weighted by Gasteiger charge is 2.67. The van der Waals surface area contributed by atoms with Crippen LogP contribution in [0, 0.1) is 34.5 Å². The fraction of sp³-hybridized carbons (Fsp3) is 0.846. The van der Waals surface area contributed by atoms with Crippen LogP contribution in [0.1, 0.15) is 71.6 Å². The van der Waals surface area contributed by atoms with Gasteiger partial charge in [-0.2, -0.15) is 11.8 Å². The molecule has 184 valence electrons. The van der Waals surface area contributed by atoms with E-state index in [1.165, 1.54) is 32.1 Å². The van der Waals surface area contributed by atoms with Crippen molar-refractivity contribution in [1.29, 1.82) is 0 Å². The molecule has 0 unspecified atom stereocenters. The van der Waals surface area contributed by atoms with Crippen LogP contribution < -0.4 is 11.5 Å². The number of carbonyl (C=O) groups excluding carboxylic acids is 1. The highest BCUT2D eigenvalue weighted by atomic mass is 32.2. The SMILES string of the molecule is C[C@]12CC[C@H](SCCN=C(N)N)C[C@H]1CC[C@@H]1[C@@H]2CC[C@]2(C)[C@@H](C3=CC(=O)OC3)CC[C@]12O. The van der Waals surface area contributed by atoms with Gasteiger partial charge >= 0.3 is 5.97 Å². The second kappa shape index (κ2) is 8.47. The Bertz CT molecular complexity index is 858. The number of guanidine groups is 1. The third-order valence-electron chi connectivity index (χ3n) is 10.7. The van der Waals surface area contributed by atoms with Crippen LogP contribution in [0.15, 0.2) is 16.6 Å². The van der Waals surface area contributed by atoms with Crippen LogP contribution >= 0.6 is 11.8 Å². The fourth-order valence-corrected chi connectivity index (χ4v) is 10.1. The summed E-state index contributed by atoms with van der Waals surface area (Å²) in [7, 11) is 0. The van der Waals surface area contributed by atoms with Gasteiger partial charge in [-0.15, -0.1) is 0 Å². The minimum atomic E-state index is -0.618. The lowest BCUT2D eigenvalue weighted by Gasteiger charge is -2.64. The summed E-state index contributed by atoms with van der Waals surface area (Å²) < 4.78 is 5.25. The first-order valence-corrected chi connectivity index (χ1v) is 14.0. The number of cyclic esters (lactones) is 1. The molecular weight excluding hydrogens is 434 g/mol. The molecule has 5 aliphatic rings. The van der Waals surface area contributed by atoms with E-state index in [2.05, 4.69) is 18.8 Å². The molecule has 7 heteroatoms. The van der Waals surface area contributed by atoms with Crippen LogP contribution in [-0.2, 0) is 9.53 Å². The molecule has 0 aromatic carbocycles. The van der Waals surface area contributed by atoms with Crippen molar-refractivity contribution in [2.45, 2.75) is 82.5 Å². The van der Waals surface area contributed by atoms with Gasteiger partial charge in [-0.05, 0) is 92.4 Å². The summed E-state index contributed by atoms with van der Waals surface area (Å²) in [5.41, 5.74) is 11.6. The van der Waals surface area contributed by atoms with E-state index in [-0.39, 0.29) is 23.3 Å². The van der Waals surface area contributed by atoms with E-state index in [1.54, 1.807) is 6.08 Å². The molecule has 4 fully saturated rings. The number of aliphatic imine (C=N–C) groups is 1. The number of fused-ring (bicyclic) bond motifs is 5. The summed E-state index contributed by atoms with van der Waals surface area (Å²) in [6.07, 6.45) is 12.0. The maximum absolute atomic E-state index is 12.3. The smallest absolute Gasteiger partial charge is 0.331 e. The van der Waals surface area contributed by atoms with E-state index >= 15 is 0 Å². The lowest BCUT2D eigenvalue weighted by Crippen LogP contribution is -2.62. The molecule has 5 N–H and O–H groups in total. The van der Waals surface area contributed by atoms with Crippen molar-refractivity contribution >= 4 is 23.7 Å². The Balaban J connectivity index is 1.29. The topological polar surface area (TPSA) is 111 Å². The zero-order chi connectivity index (χ0) is 23.4. The van der Waals surface area contributed by atoms with Crippen LogP contribution in [0.4, 0.5) is 0 Å². The van der Waals surface area contributed by atoms with Crippen molar-refractivity contribution in [3.63, 3.8) is 0 Å². The highest BCUT2D eigenvalue weighted by Crippen LogP contribution is 2.70. The van der Waals surface area contributed by atoms with Gasteiger partial charge in [-0.3, -0.25) is 4.99 Å². The lowest BCUT2D eigenvalue weighted by molar-refractivity contribution is -0.203. The number of nitrogens with zero attached hydrogens (tertiary/aromatic N) is 1. The van der Waals surface area contributed by atoms with E-state index in [0.29, 0.717) is 35.7 Å². The van der Waals surface area contributed by atoms with Crippen LogP contribution in [0.25, 0.3) is 0 Å². The highest BCUT2D eigenvalue weighted by molar-refractivity contribution is 7.99. The molecule has 1 aliphatic heterocycles. The summed E-state index contributed by atoms with van der Waals surface area (Å²) >= 11 is 2.04. The Morgan fingerprint density at radius 1 is 1.15 bits per heavy atom. The van der Waals surface area contributed by atoms with Gasteiger partial charge in [0.2, 0.25) is 0 Å². The molecule has 0 aromatic rings. The molecule has 0 aromatic heterocycles. The molecule has 0 saturated heterocycles. The summed E-state index contributed by atoms with van der Waals surface area (Å²) in [5, 5.41) is 13.0. The average molecular weight is 476 g/mol. The van der Waals surface area contributed by atoms with E-state index in [0.717, 1.165) is 42.9 Å². The van der Waals surface area contributed by atoms with Crippen molar-refractivity contribution in [1.82, 2.24) is 0 Å². The summed E-state index contributed by atoms with van der Waals surface area (Å²) in [6.45, 7) is 5.98. The molecule has 6 nitrogen and oxygen atoms in total. The third kappa shape index (κ3) is 3.72. The number of hydrogen-bond acceptors (Lipinski definition) is 5. The van der Waals surface area contributed by atoms with Gasteiger partial charge in [-0.25, -0.2) is 4.79 Å². The Labute approximate surface area is 202 Å². The molecule has 33 heavy (non-hydrogen) atoms. The van der Waals surface area contributed by atoms with E-state index in [9.17, 15) is 9.90 Å². The molecule has 4 aliphatic carbocycles. The van der Waals surface area contributed by atoms with Gasteiger partial charge < -0.3 is 21.3 Å². The first-order valence-electron chi connectivity index (χ1n) is 12.9. The Morgan fingerprint density at radius 3 is 2.70 bits per heavy atom. The number of rotatable bonds is 5. The fourth-order valence-electron chi connectivity index (χ4n) is 8.92. The molecule has 0 bridgehead atoms. The number of aliphatic hydroxyl groups is 1. The molecule has 8 atom stereocenters. The second-order valence-corrected chi connectivity index (χ2v) is 13.3.